The minimum atomic E-state index is 0.555. The molecule has 1 unspecified atom stereocenters. The van der Waals surface area contributed by atoms with Crippen LogP contribution in [-0.2, 0) is 13.0 Å². The first-order valence-corrected chi connectivity index (χ1v) is 8.21. The monoisotopic (exact) mass is 276 g/mol. The van der Waals surface area contributed by atoms with E-state index in [-0.39, 0.29) is 0 Å². The second-order valence-corrected chi connectivity index (χ2v) is 6.63. The summed E-state index contributed by atoms with van der Waals surface area (Å²) >= 11 is 0. The van der Waals surface area contributed by atoms with Crippen molar-refractivity contribution in [3.8, 4) is 0 Å². The van der Waals surface area contributed by atoms with E-state index >= 15 is 0 Å². The van der Waals surface area contributed by atoms with Gasteiger partial charge in [0.25, 0.3) is 0 Å². The maximum atomic E-state index is 4.43. The molecule has 1 aromatic heterocycles. The van der Waals surface area contributed by atoms with Crippen LogP contribution >= 0.6 is 0 Å². The van der Waals surface area contributed by atoms with Crippen molar-refractivity contribution in [1.82, 2.24) is 20.2 Å². The lowest BCUT2D eigenvalue weighted by Crippen LogP contribution is -2.47. The molecule has 0 amide bonds. The van der Waals surface area contributed by atoms with E-state index in [0.717, 1.165) is 31.5 Å². The molecular weight excluding hydrogens is 248 g/mol. The number of rotatable bonds is 4. The number of aromatic amines is 1. The highest BCUT2D eigenvalue weighted by Gasteiger charge is 2.26. The average molecular weight is 276 g/mol. The van der Waals surface area contributed by atoms with Crippen LogP contribution < -0.4 is 5.32 Å². The highest BCUT2D eigenvalue weighted by atomic mass is 15.2. The lowest BCUT2D eigenvalue weighted by Gasteiger charge is -2.37. The number of likely N-dealkylation sites (N-methyl/N-ethyl adjacent to an activating group) is 1. The van der Waals surface area contributed by atoms with Crippen molar-refractivity contribution in [1.29, 1.82) is 0 Å². The molecule has 4 heteroatoms. The first-order chi connectivity index (χ1) is 9.76. The van der Waals surface area contributed by atoms with E-state index in [4.69, 9.17) is 0 Å². The first-order valence-electron chi connectivity index (χ1n) is 8.21. The van der Waals surface area contributed by atoms with Crippen molar-refractivity contribution in [2.24, 2.45) is 5.92 Å². The van der Waals surface area contributed by atoms with Gasteiger partial charge in [0.2, 0.25) is 0 Å². The molecule has 2 aliphatic rings. The van der Waals surface area contributed by atoms with Crippen LogP contribution in [0.15, 0.2) is 6.33 Å². The summed E-state index contributed by atoms with van der Waals surface area (Å²) in [6.45, 7) is 4.42. The highest BCUT2D eigenvalue weighted by molar-refractivity contribution is 5.16. The fourth-order valence-corrected chi connectivity index (χ4v) is 3.85. The fourth-order valence-electron chi connectivity index (χ4n) is 3.85. The molecule has 0 bridgehead atoms. The molecule has 2 heterocycles. The first kappa shape index (κ1) is 14.1. The van der Waals surface area contributed by atoms with Crippen LogP contribution in [0.2, 0.25) is 0 Å². The highest BCUT2D eigenvalue weighted by Crippen LogP contribution is 2.29. The Labute approximate surface area is 122 Å². The fraction of sp³-hybridized carbons (Fsp3) is 0.812. The molecule has 20 heavy (non-hydrogen) atoms. The molecule has 4 nitrogen and oxygen atoms in total. The summed E-state index contributed by atoms with van der Waals surface area (Å²) in [4.78, 5) is 10.2. The molecule has 0 saturated heterocycles. The topological polar surface area (TPSA) is 44.0 Å². The number of fused-ring (bicyclic) bond motifs is 1. The third-order valence-electron chi connectivity index (χ3n) is 5.34. The largest absolute Gasteiger partial charge is 0.347 e. The summed E-state index contributed by atoms with van der Waals surface area (Å²) in [5.74, 6) is 0.985. The van der Waals surface area contributed by atoms with E-state index in [9.17, 15) is 0 Å². The number of hydrogen-bond acceptors (Lipinski definition) is 3. The Balaban J connectivity index is 1.49. The Hall–Kier alpha value is -0.870. The Bertz CT molecular complexity index is 420. The quantitative estimate of drug-likeness (QED) is 0.887. The van der Waals surface area contributed by atoms with Gasteiger partial charge in [0, 0.05) is 31.6 Å². The van der Waals surface area contributed by atoms with Gasteiger partial charge in [0.15, 0.2) is 0 Å². The van der Waals surface area contributed by atoms with E-state index in [1.807, 2.05) is 6.33 Å². The van der Waals surface area contributed by atoms with Gasteiger partial charge < -0.3 is 15.2 Å². The normalized spacial score (nSPS) is 30.4. The minimum absolute atomic E-state index is 0.555. The van der Waals surface area contributed by atoms with E-state index in [2.05, 4.69) is 34.2 Å². The molecule has 1 aliphatic carbocycles. The van der Waals surface area contributed by atoms with Gasteiger partial charge >= 0.3 is 0 Å². The van der Waals surface area contributed by atoms with Crippen molar-refractivity contribution in [3.05, 3.63) is 17.7 Å². The second-order valence-electron chi connectivity index (χ2n) is 6.63. The van der Waals surface area contributed by atoms with Crippen molar-refractivity contribution in [2.75, 3.05) is 13.6 Å². The third kappa shape index (κ3) is 3.07. The number of H-pyrrole nitrogens is 1. The molecule has 112 valence electrons. The van der Waals surface area contributed by atoms with Gasteiger partial charge in [0.1, 0.15) is 0 Å². The molecule has 1 aromatic rings. The van der Waals surface area contributed by atoms with E-state index in [1.54, 1.807) is 0 Å². The summed E-state index contributed by atoms with van der Waals surface area (Å²) in [6.07, 6.45) is 9.87. The van der Waals surface area contributed by atoms with Crippen LogP contribution in [0.4, 0.5) is 0 Å². The maximum absolute atomic E-state index is 4.43. The molecule has 1 saturated carbocycles. The Morgan fingerprint density at radius 3 is 2.85 bits per heavy atom. The Morgan fingerprint density at radius 2 is 2.10 bits per heavy atom. The van der Waals surface area contributed by atoms with Gasteiger partial charge in [-0.05, 0) is 38.6 Å². The number of imidazole rings is 1. The van der Waals surface area contributed by atoms with Gasteiger partial charge in [-0.3, -0.25) is 0 Å². The lowest BCUT2D eigenvalue weighted by atomic mass is 9.84. The van der Waals surface area contributed by atoms with Gasteiger partial charge in [0.05, 0.1) is 17.7 Å². The summed E-state index contributed by atoms with van der Waals surface area (Å²) < 4.78 is 0. The van der Waals surface area contributed by atoms with Crippen molar-refractivity contribution in [2.45, 2.75) is 64.1 Å². The maximum Gasteiger partial charge on any atom is 0.0925 e. The minimum Gasteiger partial charge on any atom is -0.347 e. The van der Waals surface area contributed by atoms with Gasteiger partial charge in [-0.25, -0.2) is 4.98 Å². The van der Waals surface area contributed by atoms with E-state index in [1.165, 1.54) is 43.5 Å². The Kier molecular flexibility index (Phi) is 4.41. The van der Waals surface area contributed by atoms with Crippen LogP contribution in [0.1, 0.15) is 50.4 Å². The van der Waals surface area contributed by atoms with Crippen molar-refractivity contribution >= 4 is 0 Å². The lowest BCUT2D eigenvalue weighted by molar-refractivity contribution is 0.148. The Morgan fingerprint density at radius 1 is 1.30 bits per heavy atom. The summed E-state index contributed by atoms with van der Waals surface area (Å²) in [5.41, 5.74) is 2.53. The molecule has 1 fully saturated rings. The van der Waals surface area contributed by atoms with Crippen LogP contribution in [0.3, 0.4) is 0 Å². The van der Waals surface area contributed by atoms with E-state index < -0.39 is 0 Å². The van der Waals surface area contributed by atoms with Crippen LogP contribution in [0, 0.1) is 5.92 Å². The summed E-state index contributed by atoms with van der Waals surface area (Å²) in [5, 5.41) is 3.64. The summed E-state index contributed by atoms with van der Waals surface area (Å²) in [6, 6.07) is 1.35. The van der Waals surface area contributed by atoms with E-state index in [0.29, 0.717) is 6.04 Å². The zero-order valence-electron chi connectivity index (χ0n) is 12.9. The molecule has 2 N–H and O–H groups in total. The molecule has 0 radical (unpaired) electrons. The van der Waals surface area contributed by atoms with Gasteiger partial charge in [-0.2, -0.15) is 0 Å². The van der Waals surface area contributed by atoms with Crippen LogP contribution in [0.25, 0.3) is 0 Å². The van der Waals surface area contributed by atoms with Crippen LogP contribution in [0.5, 0.6) is 0 Å². The van der Waals surface area contributed by atoms with Crippen molar-refractivity contribution < 1.29 is 0 Å². The van der Waals surface area contributed by atoms with Gasteiger partial charge in [-0.15, -0.1) is 0 Å². The average Bonchev–Trinajstić information content (AvgIpc) is 2.95. The zero-order chi connectivity index (χ0) is 13.9. The summed E-state index contributed by atoms with van der Waals surface area (Å²) in [7, 11) is 2.30. The van der Waals surface area contributed by atoms with Gasteiger partial charge in [-0.1, -0.05) is 13.3 Å². The smallest absolute Gasteiger partial charge is 0.0925 e. The zero-order valence-corrected chi connectivity index (χ0v) is 12.9. The standard InChI is InChI=1S/C16H28N4/c1-3-12-4-6-14(7-5-12)20(2)10-13-8-15-16(9-17-13)19-11-18-15/h11-14,17H,3-10H2,1-2H3,(H,18,19). The molecule has 1 aliphatic heterocycles. The number of nitrogens with one attached hydrogen (secondary N) is 2. The number of hydrogen-bond donors (Lipinski definition) is 2. The molecule has 3 rings (SSSR count). The second kappa shape index (κ2) is 6.27. The SMILES string of the molecule is CCC1CCC(N(C)CC2Cc3nc[nH]c3CN2)CC1. The molecule has 0 aromatic carbocycles. The molecule has 1 atom stereocenters. The number of aromatic nitrogens is 2. The molecular formula is C16H28N4. The molecule has 0 spiro atoms. The predicted molar refractivity (Wildman–Crippen MR) is 81.6 cm³/mol. The third-order valence-corrected chi connectivity index (χ3v) is 5.34. The predicted octanol–water partition coefficient (Wildman–Crippen LogP) is 2.32. The van der Waals surface area contributed by atoms with Crippen molar-refractivity contribution in [3.63, 3.8) is 0 Å². The van der Waals surface area contributed by atoms with Crippen LogP contribution in [-0.4, -0.2) is 40.5 Å². The number of nitrogens with zero attached hydrogens (tertiary/aromatic N) is 2.